The molecule has 2 fully saturated rings. The van der Waals surface area contributed by atoms with Crippen molar-refractivity contribution >= 4 is 17.7 Å². The van der Waals surface area contributed by atoms with Gasteiger partial charge in [0.15, 0.2) is 15.3 Å². The second-order valence-corrected chi connectivity index (χ2v) is 7.04. The maximum Gasteiger partial charge on any atom is 0.476 e. The van der Waals surface area contributed by atoms with Crippen LogP contribution in [0.15, 0.2) is 0 Å². The van der Waals surface area contributed by atoms with Crippen molar-refractivity contribution in [2.45, 2.75) is 18.3 Å². The average Bonchev–Trinajstić information content (AvgIpc) is 2.61. The van der Waals surface area contributed by atoms with E-state index < -0.39 is 23.1 Å². The lowest BCUT2D eigenvalue weighted by molar-refractivity contribution is 0.170. The SMILES string of the molecule is O=P1(OC2CCCS2(=O)=O)OCCO1. The maximum atomic E-state index is 11.5. The first-order valence-electron chi connectivity index (χ1n) is 4.31. The summed E-state index contributed by atoms with van der Waals surface area (Å²) in [5.74, 6) is 0.0810. The lowest BCUT2D eigenvalue weighted by Crippen LogP contribution is -2.18. The van der Waals surface area contributed by atoms with E-state index in [2.05, 4.69) is 0 Å². The molecule has 2 aliphatic heterocycles. The summed E-state index contributed by atoms with van der Waals surface area (Å²) in [5, 5.41) is 0. The van der Waals surface area contributed by atoms with Crippen LogP contribution in [0.5, 0.6) is 0 Å². The normalized spacial score (nSPS) is 34.7. The first kappa shape index (κ1) is 10.6. The van der Waals surface area contributed by atoms with Crippen LogP contribution in [0.25, 0.3) is 0 Å². The number of hydrogen-bond donors (Lipinski definition) is 0. The Morgan fingerprint density at radius 3 is 2.43 bits per heavy atom. The molecule has 0 aliphatic carbocycles. The molecule has 6 nitrogen and oxygen atoms in total. The molecule has 0 bridgehead atoms. The van der Waals surface area contributed by atoms with Crippen LogP contribution in [-0.2, 0) is 28.0 Å². The van der Waals surface area contributed by atoms with Gasteiger partial charge >= 0.3 is 7.82 Å². The summed E-state index contributed by atoms with van der Waals surface area (Å²) in [6.45, 7) is 0.369. The molecule has 0 spiro atoms. The molecule has 1 atom stereocenters. The van der Waals surface area contributed by atoms with Gasteiger partial charge in [0.1, 0.15) is 0 Å². The van der Waals surface area contributed by atoms with Gasteiger partial charge in [0.25, 0.3) is 0 Å². The summed E-state index contributed by atoms with van der Waals surface area (Å²) in [4.78, 5) is 0. The third kappa shape index (κ3) is 2.01. The van der Waals surface area contributed by atoms with Crippen molar-refractivity contribution in [3.05, 3.63) is 0 Å². The van der Waals surface area contributed by atoms with E-state index in [1.807, 2.05) is 0 Å². The highest BCUT2D eigenvalue weighted by atomic mass is 32.2. The third-order valence-electron chi connectivity index (χ3n) is 2.10. The summed E-state index contributed by atoms with van der Waals surface area (Å²) in [5.41, 5.74) is -1.02. The van der Waals surface area contributed by atoms with Gasteiger partial charge in [0, 0.05) is 0 Å². The first-order valence-corrected chi connectivity index (χ1v) is 7.49. The highest BCUT2D eigenvalue weighted by Crippen LogP contribution is 2.55. The van der Waals surface area contributed by atoms with Crippen LogP contribution in [-0.4, -0.2) is 32.8 Å². The first-order chi connectivity index (χ1) is 6.52. The van der Waals surface area contributed by atoms with E-state index in [4.69, 9.17) is 13.6 Å². The van der Waals surface area contributed by atoms with E-state index >= 15 is 0 Å². The molecule has 0 aromatic carbocycles. The van der Waals surface area contributed by atoms with Gasteiger partial charge in [-0.15, -0.1) is 0 Å². The van der Waals surface area contributed by atoms with Gasteiger partial charge in [-0.1, -0.05) is 0 Å². The molecular weight excluding hydrogens is 231 g/mol. The fourth-order valence-corrected chi connectivity index (χ4v) is 4.81. The topological polar surface area (TPSA) is 78.9 Å². The Labute approximate surface area is 82.1 Å². The van der Waals surface area contributed by atoms with Crippen LogP contribution in [0.1, 0.15) is 12.8 Å². The number of phosphoric ester groups is 1. The maximum absolute atomic E-state index is 11.5. The van der Waals surface area contributed by atoms with Crippen molar-refractivity contribution in [3.8, 4) is 0 Å². The fraction of sp³-hybridized carbons (Fsp3) is 1.00. The molecule has 0 saturated carbocycles. The van der Waals surface area contributed by atoms with Gasteiger partial charge in [-0.2, -0.15) is 0 Å². The molecule has 0 amide bonds. The summed E-state index contributed by atoms with van der Waals surface area (Å²) in [7, 11) is -6.85. The fourth-order valence-electron chi connectivity index (χ4n) is 1.42. The van der Waals surface area contributed by atoms with Crippen molar-refractivity contribution in [3.63, 3.8) is 0 Å². The predicted molar refractivity (Wildman–Crippen MR) is 47.4 cm³/mol. The lowest BCUT2D eigenvalue weighted by Gasteiger charge is -2.14. The van der Waals surface area contributed by atoms with Crippen LogP contribution in [0.3, 0.4) is 0 Å². The minimum atomic E-state index is -3.58. The third-order valence-corrected chi connectivity index (χ3v) is 5.74. The average molecular weight is 242 g/mol. The zero-order valence-corrected chi connectivity index (χ0v) is 9.13. The second kappa shape index (κ2) is 3.57. The molecule has 1 unspecified atom stereocenters. The molecule has 0 N–H and O–H groups in total. The van der Waals surface area contributed by atoms with E-state index in [9.17, 15) is 13.0 Å². The molecule has 2 rings (SSSR count). The molecule has 0 aromatic heterocycles. The van der Waals surface area contributed by atoms with Crippen molar-refractivity contribution in [2.75, 3.05) is 19.0 Å². The lowest BCUT2D eigenvalue weighted by atomic mass is 10.4. The van der Waals surface area contributed by atoms with Crippen molar-refractivity contribution < 1.29 is 26.6 Å². The van der Waals surface area contributed by atoms with Gasteiger partial charge in [-0.25, -0.2) is 13.0 Å². The van der Waals surface area contributed by atoms with E-state index in [0.717, 1.165) is 0 Å². The highest BCUT2D eigenvalue weighted by Gasteiger charge is 2.42. The molecule has 14 heavy (non-hydrogen) atoms. The predicted octanol–water partition coefficient (Wildman–Crippen LogP) is 0.693. The molecule has 0 radical (unpaired) electrons. The smallest absolute Gasteiger partial charge is 0.284 e. The Morgan fingerprint density at radius 2 is 1.93 bits per heavy atom. The highest BCUT2D eigenvalue weighted by molar-refractivity contribution is 7.92. The Hall–Kier alpha value is 0.0600. The summed E-state index contributed by atoms with van der Waals surface area (Å²) >= 11 is 0. The van der Waals surface area contributed by atoms with E-state index in [1.54, 1.807) is 0 Å². The zero-order valence-electron chi connectivity index (χ0n) is 7.42. The summed E-state index contributed by atoms with van der Waals surface area (Å²) in [6, 6.07) is 0. The summed E-state index contributed by atoms with van der Waals surface area (Å²) in [6.07, 6.45) is 0.895. The van der Waals surface area contributed by atoms with Crippen LogP contribution >= 0.6 is 7.82 Å². The Bertz CT molecular complexity index is 353. The monoisotopic (exact) mass is 242 g/mol. The van der Waals surface area contributed by atoms with Gasteiger partial charge < -0.3 is 0 Å². The summed E-state index contributed by atoms with van der Waals surface area (Å²) < 4.78 is 48.6. The molecular formula is C6H11O6PS. The van der Waals surface area contributed by atoms with Crippen LogP contribution in [0.2, 0.25) is 0 Å². The van der Waals surface area contributed by atoms with Crippen molar-refractivity contribution in [2.24, 2.45) is 0 Å². The second-order valence-electron chi connectivity index (χ2n) is 3.16. The molecule has 2 aliphatic rings. The quantitative estimate of drug-likeness (QED) is 0.663. The van der Waals surface area contributed by atoms with Crippen molar-refractivity contribution in [1.82, 2.24) is 0 Å². The van der Waals surface area contributed by atoms with Gasteiger partial charge in [0.05, 0.1) is 19.0 Å². The van der Waals surface area contributed by atoms with Crippen LogP contribution < -0.4 is 0 Å². The number of phosphoric acid groups is 1. The molecule has 2 saturated heterocycles. The van der Waals surface area contributed by atoms with E-state index in [-0.39, 0.29) is 19.0 Å². The van der Waals surface area contributed by atoms with Crippen molar-refractivity contribution in [1.29, 1.82) is 0 Å². The molecule has 2 heterocycles. The standard InChI is InChI=1S/C6H11O6PS/c7-13(10-3-4-11-13)12-6-2-1-5-14(6,8)9/h6H,1-5H2. The largest absolute Gasteiger partial charge is 0.476 e. The molecule has 8 heteroatoms. The van der Waals surface area contributed by atoms with Gasteiger partial charge in [-0.05, 0) is 12.8 Å². The van der Waals surface area contributed by atoms with Crippen LogP contribution in [0.4, 0.5) is 0 Å². The molecule has 82 valence electrons. The minimum Gasteiger partial charge on any atom is -0.284 e. The van der Waals surface area contributed by atoms with E-state index in [0.29, 0.717) is 12.8 Å². The number of rotatable bonds is 2. The van der Waals surface area contributed by atoms with Crippen LogP contribution in [0, 0.1) is 0 Å². The minimum absolute atomic E-state index is 0.0810. The number of sulfone groups is 1. The zero-order chi connectivity index (χ0) is 10.2. The number of hydrogen-bond acceptors (Lipinski definition) is 6. The van der Waals surface area contributed by atoms with Gasteiger partial charge in [-0.3, -0.25) is 13.6 Å². The molecule has 0 aromatic rings. The Morgan fingerprint density at radius 1 is 1.29 bits per heavy atom. The Balaban J connectivity index is 2.07. The van der Waals surface area contributed by atoms with E-state index in [1.165, 1.54) is 0 Å². The Kier molecular flexibility index (Phi) is 2.70. The van der Waals surface area contributed by atoms with Gasteiger partial charge in [0.2, 0.25) is 0 Å².